The van der Waals surface area contributed by atoms with Crippen LogP contribution in [0.2, 0.25) is 5.02 Å². The number of likely N-dealkylation sites (tertiary alicyclic amines) is 1. The molecule has 24 heavy (non-hydrogen) atoms. The van der Waals surface area contributed by atoms with E-state index in [0.717, 1.165) is 42.9 Å². The lowest BCUT2D eigenvalue weighted by molar-refractivity contribution is 0.206. The monoisotopic (exact) mass is 341 g/mol. The van der Waals surface area contributed by atoms with Crippen molar-refractivity contribution in [3.63, 3.8) is 0 Å². The summed E-state index contributed by atoms with van der Waals surface area (Å²) in [5.74, 6) is 0.605. The average molecular weight is 342 g/mol. The molecule has 4 rings (SSSR count). The van der Waals surface area contributed by atoms with Crippen LogP contribution in [-0.4, -0.2) is 36.6 Å². The standard InChI is InChI=1S/C19H20ClN3O/c20-16-5-1-3-13(9-16)14-4-2-6-17(10-14)22-19(24)23-8-7-15-11-21-12-18(15)23/h1-6,9-10,15,18,21H,7-8,11-12H2,(H,22,24)/t15-,18+/m0/s1. The highest BCUT2D eigenvalue weighted by Crippen LogP contribution is 2.29. The van der Waals surface area contributed by atoms with Crippen LogP contribution in [0, 0.1) is 5.92 Å². The Hall–Kier alpha value is -2.04. The van der Waals surface area contributed by atoms with Crippen LogP contribution in [0.25, 0.3) is 11.1 Å². The van der Waals surface area contributed by atoms with E-state index < -0.39 is 0 Å². The lowest BCUT2D eigenvalue weighted by atomic mass is 10.1. The number of rotatable bonds is 2. The molecular formula is C19H20ClN3O. The molecule has 2 fully saturated rings. The highest BCUT2D eigenvalue weighted by atomic mass is 35.5. The number of halogens is 1. The third-order valence-electron chi connectivity index (χ3n) is 4.98. The number of carbonyl (C=O) groups is 1. The van der Waals surface area contributed by atoms with Crippen molar-refractivity contribution in [2.75, 3.05) is 25.0 Å². The third kappa shape index (κ3) is 2.99. The number of hydrogen-bond donors (Lipinski definition) is 2. The molecule has 2 aliphatic heterocycles. The molecule has 2 aliphatic rings. The Balaban J connectivity index is 1.51. The number of amides is 2. The predicted molar refractivity (Wildman–Crippen MR) is 97.4 cm³/mol. The first-order valence-electron chi connectivity index (χ1n) is 8.35. The van der Waals surface area contributed by atoms with E-state index >= 15 is 0 Å². The van der Waals surface area contributed by atoms with Gasteiger partial charge < -0.3 is 15.5 Å². The fraction of sp³-hybridized carbons (Fsp3) is 0.316. The van der Waals surface area contributed by atoms with Gasteiger partial charge in [-0.15, -0.1) is 0 Å². The molecule has 2 heterocycles. The van der Waals surface area contributed by atoms with Gasteiger partial charge in [0.05, 0.1) is 0 Å². The van der Waals surface area contributed by atoms with Gasteiger partial charge in [-0.05, 0) is 47.7 Å². The summed E-state index contributed by atoms with van der Waals surface area (Å²) in [6, 6.07) is 16.0. The lowest BCUT2D eigenvalue weighted by Gasteiger charge is -2.23. The van der Waals surface area contributed by atoms with E-state index in [4.69, 9.17) is 11.6 Å². The summed E-state index contributed by atoms with van der Waals surface area (Å²) >= 11 is 6.07. The van der Waals surface area contributed by atoms with Gasteiger partial charge in [-0.3, -0.25) is 0 Å². The lowest BCUT2D eigenvalue weighted by Crippen LogP contribution is -2.41. The normalized spacial score (nSPS) is 22.5. The smallest absolute Gasteiger partial charge is 0.320 e. The van der Waals surface area contributed by atoms with Gasteiger partial charge in [-0.1, -0.05) is 35.9 Å². The fourth-order valence-electron chi connectivity index (χ4n) is 3.74. The molecule has 2 atom stereocenters. The summed E-state index contributed by atoms with van der Waals surface area (Å²) in [4.78, 5) is 14.6. The minimum Gasteiger partial charge on any atom is -0.320 e. The molecule has 2 aromatic carbocycles. The minimum absolute atomic E-state index is 0.00514. The van der Waals surface area contributed by atoms with E-state index in [9.17, 15) is 4.79 Å². The summed E-state index contributed by atoms with van der Waals surface area (Å²) in [6.45, 7) is 2.77. The fourth-order valence-corrected chi connectivity index (χ4v) is 3.93. The molecule has 124 valence electrons. The first-order chi connectivity index (χ1) is 11.7. The molecule has 0 radical (unpaired) electrons. The van der Waals surface area contributed by atoms with Crippen LogP contribution in [0.15, 0.2) is 48.5 Å². The number of benzene rings is 2. The van der Waals surface area contributed by atoms with Crippen molar-refractivity contribution in [3.05, 3.63) is 53.6 Å². The summed E-state index contributed by atoms with van der Waals surface area (Å²) in [7, 11) is 0. The van der Waals surface area contributed by atoms with Crippen LogP contribution in [-0.2, 0) is 0 Å². The molecule has 2 aromatic rings. The largest absolute Gasteiger partial charge is 0.322 e. The molecule has 0 aromatic heterocycles. The van der Waals surface area contributed by atoms with Crippen LogP contribution in [0.3, 0.4) is 0 Å². The second-order valence-corrected chi connectivity index (χ2v) is 6.93. The van der Waals surface area contributed by atoms with Gasteiger partial charge in [0.1, 0.15) is 0 Å². The zero-order valence-electron chi connectivity index (χ0n) is 13.3. The highest BCUT2D eigenvalue weighted by molar-refractivity contribution is 6.30. The maximum Gasteiger partial charge on any atom is 0.322 e. The molecule has 4 nitrogen and oxygen atoms in total. The molecule has 0 bridgehead atoms. The summed E-state index contributed by atoms with van der Waals surface area (Å²) in [5.41, 5.74) is 2.89. The molecule has 0 aliphatic carbocycles. The van der Waals surface area contributed by atoms with Crippen LogP contribution in [0.1, 0.15) is 6.42 Å². The SMILES string of the molecule is O=C(Nc1cccc(-c2cccc(Cl)c2)c1)N1CC[C@H]2CNC[C@H]21. The average Bonchev–Trinajstić information content (AvgIpc) is 3.18. The van der Waals surface area contributed by atoms with Crippen molar-refractivity contribution in [3.8, 4) is 11.1 Å². The van der Waals surface area contributed by atoms with Crippen molar-refractivity contribution < 1.29 is 4.79 Å². The van der Waals surface area contributed by atoms with Crippen molar-refractivity contribution in [1.82, 2.24) is 10.2 Å². The second kappa shape index (κ2) is 6.46. The second-order valence-electron chi connectivity index (χ2n) is 6.49. The Morgan fingerprint density at radius 2 is 1.92 bits per heavy atom. The molecule has 5 heteroatoms. The van der Waals surface area contributed by atoms with E-state index in [-0.39, 0.29) is 6.03 Å². The Bertz CT molecular complexity index is 764. The van der Waals surface area contributed by atoms with E-state index in [1.54, 1.807) is 0 Å². The number of urea groups is 1. The summed E-state index contributed by atoms with van der Waals surface area (Å²) < 4.78 is 0. The van der Waals surface area contributed by atoms with Gasteiger partial charge in [0.25, 0.3) is 0 Å². The Labute approximate surface area is 146 Å². The van der Waals surface area contributed by atoms with Crippen LogP contribution in [0.4, 0.5) is 10.5 Å². The maximum atomic E-state index is 12.6. The molecule has 0 unspecified atom stereocenters. The van der Waals surface area contributed by atoms with Crippen LogP contribution in [0.5, 0.6) is 0 Å². The maximum absolute atomic E-state index is 12.6. The molecule has 2 N–H and O–H groups in total. The van der Waals surface area contributed by atoms with Crippen molar-refractivity contribution >= 4 is 23.3 Å². The minimum atomic E-state index is -0.00514. The number of nitrogens with one attached hydrogen (secondary N) is 2. The third-order valence-corrected chi connectivity index (χ3v) is 5.21. The van der Waals surface area contributed by atoms with Crippen molar-refractivity contribution in [2.24, 2.45) is 5.92 Å². The van der Waals surface area contributed by atoms with E-state index in [2.05, 4.69) is 10.6 Å². The number of nitrogens with zero attached hydrogens (tertiary/aromatic N) is 1. The Kier molecular flexibility index (Phi) is 4.17. The van der Waals surface area contributed by atoms with E-state index in [1.165, 1.54) is 0 Å². The van der Waals surface area contributed by atoms with Crippen molar-refractivity contribution in [1.29, 1.82) is 0 Å². The highest BCUT2D eigenvalue weighted by Gasteiger charge is 2.39. The topological polar surface area (TPSA) is 44.4 Å². The molecule has 0 spiro atoms. The summed E-state index contributed by atoms with van der Waals surface area (Å²) in [5, 5.41) is 7.13. The quantitative estimate of drug-likeness (QED) is 0.871. The van der Waals surface area contributed by atoms with Gasteiger partial charge >= 0.3 is 6.03 Å². The Morgan fingerprint density at radius 1 is 1.12 bits per heavy atom. The van der Waals surface area contributed by atoms with Gasteiger partial charge in [0.2, 0.25) is 0 Å². The molecular weight excluding hydrogens is 322 g/mol. The first kappa shape index (κ1) is 15.5. The van der Waals surface area contributed by atoms with Crippen LogP contribution < -0.4 is 10.6 Å². The summed E-state index contributed by atoms with van der Waals surface area (Å²) in [6.07, 6.45) is 1.09. The van der Waals surface area contributed by atoms with Gasteiger partial charge in [-0.25, -0.2) is 4.79 Å². The number of hydrogen-bond acceptors (Lipinski definition) is 2. The molecule has 2 amide bonds. The number of anilines is 1. The first-order valence-corrected chi connectivity index (χ1v) is 8.73. The van der Waals surface area contributed by atoms with E-state index in [0.29, 0.717) is 17.0 Å². The number of fused-ring (bicyclic) bond motifs is 1. The zero-order chi connectivity index (χ0) is 16.5. The van der Waals surface area contributed by atoms with E-state index in [1.807, 2.05) is 53.4 Å². The predicted octanol–water partition coefficient (Wildman–Crippen LogP) is 3.83. The van der Waals surface area contributed by atoms with Crippen LogP contribution >= 0.6 is 11.6 Å². The van der Waals surface area contributed by atoms with Gasteiger partial charge in [0.15, 0.2) is 0 Å². The number of carbonyl (C=O) groups excluding carboxylic acids is 1. The van der Waals surface area contributed by atoms with Gasteiger partial charge in [-0.2, -0.15) is 0 Å². The molecule has 0 saturated carbocycles. The van der Waals surface area contributed by atoms with Gasteiger partial charge in [0, 0.05) is 36.4 Å². The Morgan fingerprint density at radius 3 is 2.75 bits per heavy atom. The zero-order valence-corrected chi connectivity index (χ0v) is 14.1. The van der Waals surface area contributed by atoms with Crippen molar-refractivity contribution in [2.45, 2.75) is 12.5 Å². The molecule has 2 saturated heterocycles.